The number of piperazine rings is 1. The Balaban J connectivity index is 1.52. The summed E-state index contributed by atoms with van der Waals surface area (Å²) in [5.41, 5.74) is 5.79. The van der Waals surface area contributed by atoms with E-state index < -0.39 is 24.0 Å². The fraction of sp³-hybridized carbons (Fsp3) is 0.375. The molecular formula is C32H31F4N7O3. The van der Waals surface area contributed by atoms with Gasteiger partial charge in [-0.05, 0) is 61.0 Å². The van der Waals surface area contributed by atoms with Gasteiger partial charge < -0.3 is 24.7 Å². The Labute approximate surface area is 261 Å². The van der Waals surface area contributed by atoms with Crippen molar-refractivity contribution in [2.75, 3.05) is 50.5 Å². The van der Waals surface area contributed by atoms with Gasteiger partial charge in [0.15, 0.2) is 0 Å². The number of hydrogen-bond donors (Lipinski definition) is 1. The van der Waals surface area contributed by atoms with Crippen LogP contribution in [-0.4, -0.2) is 83.8 Å². The molecule has 2 N–H and O–H groups in total. The molecule has 1 amide bonds. The fourth-order valence-corrected chi connectivity index (χ4v) is 6.36. The van der Waals surface area contributed by atoms with E-state index in [2.05, 4.69) is 17.6 Å². The molecule has 0 saturated carbocycles. The number of halogens is 4. The summed E-state index contributed by atoms with van der Waals surface area (Å²) in [5, 5.41) is 10.3. The number of fused-ring (bicyclic) bond motifs is 3. The monoisotopic (exact) mass is 637 g/mol. The first-order valence-corrected chi connectivity index (χ1v) is 14.7. The molecule has 4 aromatic rings. The lowest BCUT2D eigenvalue weighted by Gasteiger charge is -2.41. The molecule has 0 bridgehead atoms. The fourth-order valence-electron chi connectivity index (χ4n) is 6.36. The molecule has 0 radical (unpaired) electrons. The maximum absolute atomic E-state index is 14.2. The van der Waals surface area contributed by atoms with E-state index in [0.717, 1.165) is 6.07 Å². The molecule has 2 fully saturated rings. The van der Waals surface area contributed by atoms with Crippen LogP contribution in [0.4, 0.5) is 29.1 Å². The van der Waals surface area contributed by atoms with Crippen LogP contribution in [0.3, 0.4) is 0 Å². The third-order valence-corrected chi connectivity index (χ3v) is 8.61. The van der Waals surface area contributed by atoms with Crippen molar-refractivity contribution in [3.05, 3.63) is 54.8 Å². The molecule has 0 unspecified atom stereocenters. The molecule has 2 aromatic carbocycles. The van der Waals surface area contributed by atoms with Gasteiger partial charge in [0.25, 0.3) is 0 Å². The van der Waals surface area contributed by atoms with Crippen LogP contribution in [0.2, 0.25) is 0 Å². The van der Waals surface area contributed by atoms with Crippen molar-refractivity contribution >= 4 is 39.3 Å². The zero-order valence-electron chi connectivity index (χ0n) is 24.9. The molecular weight excluding hydrogens is 606 g/mol. The van der Waals surface area contributed by atoms with Gasteiger partial charge in [0.05, 0.1) is 41.3 Å². The first kappa shape index (κ1) is 31.1. The number of nitrogens with zero attached hydrogens (tertiary/aromatic N) is 6. The number of rotatable bonds is 7. The Morgan fingerprint density at radius 2 is 2.00 bits per heavy atom. The number of anilines is 2. The Hall–Kier alpha value is -4.90. The van der Waals surface area contributed by atoms with Crippen LogP contribution in [0.25, 0.3) is 33.0 Å². The number of nitrogen functional groups attached to an aromatic ring is 1. The summed E-state index contributed by atoms with van der Waals surface area (Å²) in [6.45, 7) is 4.74. The van der Waals surface area contributed by atoms with Crippen LogP contribution < -0.4 is 15.4 Å². The molecule has 2 aromatic heterocycles. The van der Waals surface area contributed by atoms with Gasteiger partial charge in [0, 0.05) is 43.3 Å². The summed E-state index contributed by atoms with van der Waals surface area (Å²) < 4.78 is 68.6. The SMILES string of the molecule is C=CC(=O)N1CCN(c2nc(OC[C@@H]3C[C@@H](F)CN3C)nc3cc(-c4cc(N)ccc4C(F)(F)F)c4ccoc4c23)C[C@@H]1CC#N. The minimum absolute atomic E-state index is 0.0524. The Kier molecular flexibility index (Phi) is 8.20. The lowest BCUT2D eigenvalue weighted by atomic mass is 9.94. The molecule has 3 atom stereocenters. The Morgan fingerprint density at radius 3 is 2.70 bits per heavy atom. The molecule has 0 spiro atoms. The van der Waals surface area contributed by atoms with Gasteiger partial charge in [-0.25, -0.2) is 4.39 Å². The molecule has 240 valence electrons. The van der Waals surface area contributed by atoms with Crippen LogP contribution in [0.15, 0.2) is 53.7 Å². The summed E-state index contributed by atoms with van der Waals surface area (Å²) in [5.74, 6) is 0.0656. The highest BCUT2D eigenvalue weighted by molar-refractivity contribution is 6.14. The molecule has 2 aliphatic rings. The minimum Gasteiger partial charge on any atom is -0.463 e. The van der Waals surface area contributed by atoms with Gasteiger partial charge in [-0.15, -0.1) is 0 Å². The molecule has 2 saturated heterocycles. The first-order chi connectivity index (χ1) is 22.0. The quantitative estimate of drug-likeness (QED) is 0.166. The van der Waals surface area contributed by atoms with Crippen molar-refractivity contribution in [1.29, 1.82) is 5.26 Å². The number of ether oxygens (including phenoxy) is 1. The molecule has 46 heavy (non-hydrogen) atoms. The van der Waals surface area contributed by atoms with Crippen molar-refractivity contribution in [2.24, 2.45) is 0 Å². The zero-order valence-corrected chi connectivity index (χ0v) is 24.9. The summed E-state index contributed by atoms with van der Waals surface area (Å²) >= 11 is 0. The normalized spacial score (nSPS) is 20.7. The number of likely N-dealkylation sites (tertiary alicyclic amines) is 1. The number of benzene rings is 2. The van der Waals surface area contributed by atoms with E-state index in [1.165, 1.54) is 30.5 Å². The number of likely N-dealkylation sites (N-methyl/N-ethyl adjacent to an activating group) is 1. The number of amides is 1. The predicted molar refractivity (Wildman–Crippen MR) is 164 cm³/mol. The number of alkyl halides is 4. The maximum atomic E-state index is 14.2. The van der Waals surface area contributed by atoms with Crippen LogP contribution in [0, 0.1) is 11.3 Å². The van der Waals surface area contributed by atoms with Crippen molar-refractivity contribution in [2.45, 2.75) is 37.3 Å². The van der Waals surface area contributed by atoms with Crippen molar-refractivity contribution in [1.82, 2.24) is 19.8 Å². The number of nitrogens with two attached hydrogens (primary N) is 1. The van der Waals surface area contributed by atoms with E-state index in [1.807, 2.05) is 9.80 Å². The van der Waals surface area contributed by atoms with Gasteiger partial charge in [-0.3, -0.25) is 9.69 Å². The number of aromatic nitrogens is 2. The first-order valence-electron chi connectivity index (χ1n) is 14.7. The van der Waals surface area contributed by atoms with Gasteiger partial charge in [-0.1, -0.05) is 6.58 Å². The average Bonchev–Trinajstić information content (AvgIpc) is 3.64. The second-order valence-corrected chi connectivity index (χ2v) is 11.5. The zero-order chi connectivity index (χ0) is 32.7. The summed E-state index contributed by atoms with van der Waals surface area (Å²) in [6, 6.07) is 7.87. The number of furan rings is 1. The Morgan fingerprint density at radius 1 is 1.20 bits per heavy atom. The maximum Gasteiger partial charge on any atom is 0.417 e. The van der Waals surface area contributed by atoms with E-state index in [4.69, 9.17) is 19.9 Å². The highest BCUT2D eigenvalue weighted by atomic mass is 19.4. The number of nitriles is 1. The molecule has 14 heteroatoms. The highest BCUT2D eigenvalue weighted by Gasteiger charge is 2.36. The number of carbonyl (C=O) groups is 1. The third kappa shape index (κ3) is 5.78. The molecule has 0 aliphatic carbocycles. The topological polar surface area (TPSA) is 125 Å². The Bertz CT molecular complexity index is 1850. The minimum atomic E-state index is -4.67. The largest absolute Gasteiger partial charge is 0.463 e. The highest BCUT2D eigenvalue weighted by Crippen LogP contribution is 2.44. The van der Waals surface area contributed by atoms with Crippen molar-refractivity contribution in [3.63, 3.8) is 0 Å². The summed E-state index contributed by atoms with van der Waals surface area (Å²) in [7, 11) is 1.80. The summed E-state index contributed by atoms with van der Waals surface area (Å²) in [6.07, 6.45) is -2.75. The second-order valence-electron chi connectivity index (χ2n) is 11.5. The lowest BCUT2D eigenvalue weighted by Crippen LogP contribution is -2.55. The van der Waals surface area contributed by atoms with E-state index in [9.17, 15) is 27.6 Å². The van der Waals surface area contributed by atoms with E-state index in [0.29, 0.717) is 23.1 Å². The summed E-state index contributed by atoms with van der Waals surface area (Å²) in [4.78, 5) is 27.2. The third-order valence-electron chi connectivity index (χ3n) is 8.61. The van der Waals surface area contributed by atoms with Crippen LogP contribution in [-0.2, 0) is 11.0 Å². The van der Waals surface area contributed by atoms with E-state index in [1.54, 1.807) is 18.0 Å². The van der Waals surface area contributed by atoms with Gasteiger partial charge in [-0.2, -0.15) is 28.4 Å². The lowest BCUT2D eigenvalue weighted by molar-refractivity contribution is -0.137. The molecule has 4 heterocycles. The van der Waals surface area contributed by atoms with Gasteiger partial charge in [0.1, 0.15) is 24.2 Å². The van der Waals surface area contributed by atoms with Crippen LogP contribution >= 0.6 is 0 Å². The van der Waals surface area contributed by atoms with E-state index >= 15 is 0 Å². The van der Waals surface area contributed by atoms with Gasteiger partial charge >= 0.3 is 12.2 Å². The van der Waals surface area contributed by atoms with Crippen LogP contribution in [0.1, 0.15) is 18.4 Å². The number of carbonyl (C=O) groups excluding carboxylic acids is 1. The number of hydrogen-bond acceptors (Lipinski definition) is 9. The smallest absolute Gasteiger partial charge is 0.417 e. The predicted octanol–water partition coefficient (Wildman–Crippen LogP) is 5.18. The van der Waals surface area contributed by atoms with Gasteiger partial charge in [0.2, 0.25) is 5.91 Å². The molecule has 6 rings (SSSR count). The second kappa shape index (κ2) is 12.1. The van der Waals surface area contributed by atoms with Crippen molar-refractivity contribution in [3.8, 4) is 23.2 Å². The van der Waals surface area contributed by atoms with E-state index in [-0.39, 0.29) is 85.0 Å². The van der Waals surface area contributed by atoms with Crippen molar-refractivity contribution < 1.29 is 31.5 Å². The average molecular weight is 638 g/mol. The standard InChI is InChI=1S/C32H31F4N7O3/c1-3-27(44)43-10-9-42(16-20(43)6-8-37)30-28-26(39-31(40-30)46-17-21-12-18(33)15-41(21)2)14-23(22-7-11-45-29(22)28)24-13-19(38)4-5-25(24)32(34,35)36/h3-5,7,11,13-14,18,20-21H,1,6,9-10,12,15-17,38H2,2H3/t18-,20+,21+/m1/s1. The van der Waals surface area contributed by atoms with Crippen LogP contribution in [0.5, 0.6) is 6.01 Å². The molecule has 10 nitrogen and oxygen atoms in total. The molecule has 2 aliphatic heterocycles.